The van der Waals surface area contributed by atoms with Gasteiger partial charge in [0.05, 0.1) is 23.1 Å². The molecule has 0 aromatic carbocycles. The van der Waals surface area contributed by atoms with Gasteiger partial charge in [0.25, 0.3) is 0 Å². The Morgan fingerprint density at radius 3 is 2.66 bits per heavy atom. The molecule has 0 spiro atoms. The number of amides is 1. The van der Waals surface area contributed by atoms with Crippen LogP contribution in [0.3, 0.4) is 0 Å². The van der Waals surface area contributed by atoms with Gasteiger partial charge in [-0.15, -0.1) is 11.3 Å². The van der Waals surface area contributed by atoms with Crippen LogP contribution in [0.4, 0.5) is 0 Å². The highest BCUT2D eigenvalue weighted by Crippen LogP contribution is 2.36. The first-order chi connectivity index (χ1) is 18.1. The largest absolute Gasteiger partial charge is 0.352 e. The second-order valence-corrected chi connectivity index (χ2v) is 11.6. The molecule has 5 rings (SSSR count). The van der Waals surface area contributed by atoms with Crippen molar-refractivity contribution in [2.75, 3.05) is 0 Å². The summed E-state index contributed by atoms with van der Waals surface area (Å²) in [6.07, 6.45) is 11.1. The number of allylic oxidation sites excluding steroid dienone is 5. The van der Waals surface area contributed by atoms with Crippen molar-refractivity contribution in [1.82, 2.24) is 30.5 Å². The number of nitrogens with one attached hydrogen (secondary N) is 3. The molecule has 3 N–H and O–H groups in total. The summed E-state index contributed by atoms with van der Waals surface area (Å²) in [4.78, 5) is 27.5. The zero-order chi connectivity index (χ0) is 27.0. The monoisotopic (exact) mass is 522 g/mol. The Labute approximate surface area is 225 Å². The van der Waals surface area contributed by atoms with E-state index < -0.39 is 5.41 Å². The number of aromatic nitrogens is 5. The predicted molar refractivity (Wildman–Crippen MR) is 157 cm³/mol. The first-order valence-corrected chi connectivity index (χ1v) is 13.2. The van der Waals surface area contributed by atoms with Crippen LogP contribution >= 0.6 is 11.3 Å². The number of carbonyl (C=O) groups is 1. The minimum Gasteiger partial charge on any atom is -0.352 e. The van der Waals surface area contributed by atoms with Gasteiger partial charge < -0.3 is 10.3 Å². The number of H-pyrrole nitrogens is 2. The first kappa shape index (κ1) is 25.4. The molecule has 0 aliphatic heterocycles. The lowest BCUT2D eigenvalue weighted by Crippen LogP contribution is -2.33. The molecule has 0 bridgehead atoms. The number of aryl methyl sites for hydroxylation is 1. The Balaban J connectivity index is 1.55. The van der Waals surface area contributed by atoms with Crippen LogP contribution < -0.4 is 5.32 Å². The van der Waals surface area contributed by atoms with Crippen molar-refractivity contribution < 1.29 is 4.79 Å². The Hall–Kier alpha value is -4.30. The Morgan fingerprint density at radius 2 is 1.95 bits per heavy atom. The summed E-state index contributed by atoms with van der Waals surface area (Å²) in [5, 5.41) is 12.6. The molecule has 5 aromatic rings. The van der Waals surface area contributed by atoms with Gasteiger partial charge >= 0.3 is 0 Å². The van der Waals surface area contributed by atoms with E-state index in [0.717, 1.165) is 50.1 Å². The molecule has 5 aromatic heterocycles. The van der Waals surface area contributed by atoms with Gasteiger partial charge in [0, 0.05) is 55.2 Å². The van der Waals surface area contributed by atoms with Gasteiger partial charge in [0.1, 0.15) is 0 Å². The van der Waals surface area contributed by atoms with Crippen LogP contribution in [-0.4, -0.2) is 31.1 Å². The summed E-state index contributed by atoms with van der Waals surface area (Å²) in [5.41, 5.74) is 6.44. The normalized spacial score (nSPS) is 12.9. The number of fused-ring (bicyclic) bond motifs is 2. The molecule has 8 heteroatoms. The van der Waals surface area contributed by atoms with Crippen molar-refractivity contribution in [3.63, 3.8) is 0 Å². The minimum atomic E-state index is -0.485. The molecule has 5 heterocycles. The number of hydrogen-bond acceptors (Lipinski definition) is 5. The molecule has 0 atom stereocenters. The molecule has 0 aliphatic carbocycles. The highest BCUT2D eigenvalue weighted by atomic mass is 32.1. The van der Waals surface area contributed by atoms with Crippen molar-refractivity contribution >= 4 is 44.8 Å². The summed E-state index contributed by atoms with van der Waals surface area (Å²) in [6, 6.07) is 8.45. The van der Waals surface area contributed by atoms with E-state index in [1.807, 2.05) is 52.2 Å². The number of thiophene rings is 1. The van der Waals surface area contributed by atoms with E-state index in [2.05, 4.69) is 68.2 Å². The third-order valence-electron chi connectivity index (χ3n) is 6.23. The predicted octanol–water partition coefficient (Wildman–Crippen LogP) is 7.17. The second-order valence-electron chi connectivity index (χ2n) is 10.3. The topological polar surface area (TPSA) is 99.3 Å². The highest BCUT2D eigenvalue weighted by molar-refractivity contribution is 7.15. The number of carbonyl (C=O) groups excluding carboxylic acids is 1. The van der Waals surface area contributed by atoms with Crippen LogP contribution in [-0.2, 0) is 4.79 Å². The molecular formula is C30H30N6OS. The molecule has 38 heavy (non-hydrogen) atoms. The van der Waals surface area contributed by atoms with Gasteiger partial charge in [0.2, 0.25) is 5.91 Å². The lowest BCUT2D eigenvalue weighted by molar-refractivity contribution is -0.127. The fourth-order valence-corrected chi connectivity index (χ4v) is 5.11. The molecule has 0 unspecified atom stereocenters. The lowest BCUT2D eigenvalue weighted by Gasteiger charge is -2.18. The summed E-state index contributed by atoms with van der Waals surface area (Å²) in [6.45, 7) is 13.5. The van der Waals surface area contributed by atoms with Crippen molar-refractivity contribution in [2.24, 2.45) is 5.41 Å². The minimum absolute atomic E-state index is 0.0414. The van der Waals surface area contributed by atoms with E-state index in [4.69, 9.17) is 0 Å². The lowest BCUT2D eigenvalue weighted by atomic mass is 9.95. The summed E-state index contributed by atoms with van der Waals surface area (Å²) >= 11 is 1.75. The molecule has 0 aliphatic rings. The van der Waals surface area contributed by atoms with Crippen LogP contribution in [0.2, 0.25) is 0 Å². The number of pyridine rings is 2. The number of aromatic amines is 2. The van der Waals surface area contributed by atoms with Crippen molar-refractivity contribution in [2.45, 2.75) is 34.6 Å². The molecule has 7 nitrogen and oxygen atoms in total. The van der Waals surface area contributed by atoms with Gasteiger partial charge in [-0.2, -0.15) is 5.10 Å². The van der Waals surface area contributed by atoms with Crippen molar-refractivity contribution in [3.8, 4) is 21.8 Å². The molecule has 0 fully saturated rings. The maximum absolute atomic E-state index is 12.5. The van der Waals surface area contributed by atoms with E-state index in [9.17, 15) is 4.79 Å². The quantitative estimate of drug-likeness (QED) is 0.206. The van der Waals surface area contributed by atoms with Gasteiger partial charge in [-0.1, -0.05) is 39.5 Å². The van der Waals surface area contributed by atoms with Crippen molar-refractivity contribution in [3.05, 3.63) is 83.8 Å². The summed E-state index contributed by atoms with van der Waals surface area (Å²) < 4.78 is 0. The number of hydrogen-bond donors (Lipinski definition) is 3. The van der Waals surface area contributed by atoms with E-state index in [-0.39, 0.29) is 5.91 Å². The molecule has 1 amide bonds. The summed E-state index contributed by atoms with van der Waals surface area (Å²) in [5.74, 6) is -0.0414. The van der Waals surface area contributed by atoms with E-state index >= 15 is 0 Å². The van der Waals surface area contributed by atoms with E-state index in [0.29, 0.717) is 5.65 Å². The Bertz CT molecular complexity index is 1740. The molecule has 192 valence electrons. The molecule has 0 radical (unpaired) electrons. The maximum atomic E-state index is 12.5. The standard InChI is InChI=1S/C30H30N6OS/c1-7-8-19(11-17(2)33-29(37)30(4,5)6)20-12-22-27(35-36-28(22)32-14-20)24-13-21-23(15-31-16-25(21)34-24)26-10-9-18(3)38-26/h7-16,34H,1H2,2-6H3,(H,33,37)(H,32,35,36)/b17-11+,19-8+. The summed E-state index contributed by atoms with van der Waals surface area (Å²) in [7, 11) is 0. The Morgan fingerprint density at radius 1 is 1.13 bits per heavy atom. The third kappa shape index (κ3) is 4.95. The fourth-order valence-electron chi connectivity index (χ4n) is 4.21. The highest BCUT2D eigenvalue weighted by Gasteiger charge is 2.21. The average Bonchev–Trinajstić information content (AvgIpc) is 3.60. The molecule has 0 saturated carbocycles. The maximum Gasteiger partial charge on any atom is 0.229 e. The smallest absolute Gasteiger partial charge is 0.229 e. The van der Waals surface area contributed by atoms with Crippen LogP contribution in [0.15, 0.2) is 73.4 Å². The number of rotatable bonds is 6. The number of nitrogens with zero attached hydrogens (tertiary/aromatic N) is 3. The van der Waals surface area contributed by atoms with E-state index in [1.165, 1.54) is 9.75 Å². The van der Waals surface area contributed by atoms with Crippen LogP contribution in [0.5, 0.6) is 0 Å². The SMILES string of the molecule is C=C/C=C(\C=C(/C)NC(=O)C(C)(C)C)c1cnc2n[nH]c(-c3cc4c(-c5ccc(C)s5)cncc4[nH]3)c2c1. The zero-order valence-electron chi connectivity index (χ0n) is 22.1. The average molecular weight is 523 g/mol. The van der Waals surface area contributed by atoms with Gasteiger partial charge in [-0.05, 0) is 49.8 Å². The van der Waals surface area contributed by atoms with Crippen molar-refractivity contribution in [1.29, 1.82) is 0 Å². The second kappa shape index (κ2) is 9.87. The molecular weight excluding hydrogens is 492 g/mol. The zero-order valence-corrected chi connectivity index (χ0v) is 23.0. The van der Waals surface area contributed by atoms with Gasteiger partial charge in [0.15, 0.2) is 5.65 Å². The van der Waals surface area contributed by atoms with Gasteiger partial charge in [-0.3, -0.25) is 14.9 Å². The first-order valence-electron chi connectivity index (χ1n) is 12.3. The Kier molecular flexibility index (Phi) is 6.59. The van der Waals surface area contributed by atoms with Gasteiger partial charge in [-0.25, -0.2) is 4.98 Å². The molecule has 0 saturated heterocycles. The fraction of sp³-hybridized carbons (Fsp3) is 0.200. The third-order valence-corrected chi connectivity index (χ3v) is 7.26. The van der Waals surface area contributed by atoms with Crippen LogP contribution in [0.25, 0.3) is 49.3 Å². The van der Waals surface area contributed by atoms with Crippen LogP contribution in [0.1, 0.15) is 38.1 Å². The van der Waals surface area contributed by atoms with E-state index in [1.54, 1.807) is 23.6 Å². The van der Waals surface area contributed by atoms with Crippen LogP contribution in [0, 0.1) is 12.3 Å².